The zero-order chi connectivity index (χ0) is 42.5. The van der Waals surface area contributed by atoms with E-state index in [9.17, 15) is 38.1 Å². The highest BCUT2D eigenvalue weighted by Gasteiger charge is 2.41. The maximum atomic E-state index is 14.1. The molecule has 2 unspecified atom stereocenters. The van der Waals surface area contributed by atoms with Crippen molar-refractivity contribution in [2.75, 3.05) is 0 Å². The van der Waals surface area contributed by atoms with Crippen LogP contribution in [-0.4, -0.2) is 30.0 Å². The molecule has 4 aromatic rings. The Bertz CT molecular complexity index is 3400. The highest BCUT2D eigenvalue weighted by atomic mass is 32.2. The number of aromatic nitrogens is 2. The number of carbonyl (C=O) groups is 2. The Kier molecular flexibility index (Phi) is 7.99. The number of pyridine rings is 2. The van der Waals surface area contributed by atoms with Gasteiger partial charge in [-0.15, -0.1) is 0 Å². The van der Waals surface area contributed by atoms with Gasteiger partial charge in [0.2, 0.25) is 9.84 Å². The number of fused-ring (bicyclic) bond motifs is 8. The number of hydrogen-bond donors (Lipinski definition) is 2. The van der Waals surface area contributed by atoms with Crippen LogP contribution in [-0.2, 0) is 9.84 Å². The molecule has 0 spiro atoms. The van der Waals surface area contributed by atoms with Crippen molar-refractivity contribution < 1.29 is 26.8 Å². The Labute approximate surface area is 343 Å². The van der Waals surface area contributed by atoms with E-state index in [2.05, 4.69) is 22.1 Å². The summed E-state index contributed by atoms with van der Waals surface area (Å²) in [6, 6.07) is 23.8. The zero-order valence-corrected chi connectivity index (χ0v) is 32.0. The fourth-order valence-corrected chi connectivity index (χ4v) is 9.63. The van der Waals surface area contributed by atoms with Crippen molar-refractivity contribution >= 4 is 54.5 Å². The number of hydrogen-bond acceptors (Lipinski definition) is 14. The lowest BCUT2D eigenvalue weighted by Gasteiger charge is -2.27. The molecule has 2 aliphatic heterocycles. The maximum Gasteiger partial charge on any atom is 0.206 e. The van der Waals surface area contributed by atoms with Gasteiger partial charge in [-0.1, -0.05) is 24.3 Å². The number of ketones is 2. The summed E-state index contributed by atoms with van der Waals surface area (Å²) in [5.74, 6) is -3.54. The largest absolute Gasteiger partial charge is 0.456 e. The van der Waals surface area contributed by atoms with Crippen LogP contribution >= 0.6 is 0 Å². The van der Waals surface area contributed by atoms with Gasteiger partial charge in [0.25, 0.3) is 0 Å². The van der Waals surface area contributed by atoms with Gasteiger partial charge in [0.15, 0.2) is 22.4 Å². The molecule has 0 amide bonds. The Morgan fingerprint density at radius 1 is 0.557 bits per heavy atom. The normalized spacial score (nSPS) is 16.5. The molecule has 0 radical (unpaired) electrons. The molecule has 2 aromatic carbocycles. The first-order chi connectivity index (χ1) is 29.4. The number of nitrogens with two attached hydrogens (primary N) is 2. The molecule has 0 saturated carbocycles. The fraction of sp³-hybridized carbons (Fsp3) is 0.0435. The third-order valence-electron chi connectivity index (χ3n) is 11.2. The van der Waals surface area contributed by atoms with Crippen LogP contribution in [0.15, 0.2) is 149 Å². The van der Waals surface area contributed by atoms with Crippen LogP contribution in [0.5, 0.6) is 0 Å². The van der Waals surface area contributed by atoms with Crippen LogP contribution < -0.4 is 22.3 Å². The summed E-state index contributed by atoms with van der Waals surface area (Å²) >= 11 is 0. The van der Waals surface area contributed by atoms with Gasteiger partial charge in [-0.25, -0.2) is 8.42 Å². The second-order valence-electron chi connectivity index (χ2n) is 14.5. The quantitative estimate of drug-likeness (QED) is 0.191. The minimum absolute atomic E-state index is 0.0607. The van der Waals surface area contributed by atoms with E-state index in [1.54, 1.807) is 36.7 Å². The molecule has 2 atom stereocenters. The number of nitrogens with zero attached hydrogens (tertiary/aromatic N) is 4. The molecule has 292 valence electrons. The molecular formula is C46H24N6O8S. The molecule has 0 saturated heterocycles. The van der Waals surface area contributed by atoms with Gasteiger partial charge in [-0.3, -0.25) is 29.1 Å². The highest BCUT2D eigenvalue weighted by molar-refractivity contribution is 7.91. The molecule has 4 heterocycles. The molecular weight excluding hydrogens is 797 g/mol. The number of carbonyl (C=O) groups excluding carboxylic acids is 2. The van der Waals surface area contributed by atoms with E-state index < -0.39 is 44.1 Å². The van der Waals surface area contributed by atoms with Gasteiger partial charge in [0.1, 0.15) is 34.8 Å². The number of benzene rings is 4. The standard InChI is InChI=1S/C46H24N6O8S/c47-17-29-39-27-13-23-19-51-11-9-33(23)59-35(27)15-31(53)41(39)45(55)37(43(29)49)21-1-5-25(6-2-21)61(57,58)26-7-3-22(4-8-26)38-44(50)30(18-48)40-28-14-24-20-52-12-10-34(24)60-36(28)16-32(54)42(40)46(38)56/h1-16,19-20,37-38H,49-50H2. The predicted octanol–water partition coefficient (Wildman–Crippen LogP) is 6.08. The van der Waals surface area contributed by atoms with E-state index in [-0.39, 0.29) is 77.2 Å². The Hall–Kier alpha value is -8.53. The van der Waals surface area contributed by atoms with Gasteiger partial charge >= 0.3 is 0 Å². The second kappa shape index (κ2) is 13.3. The van der Waals surface area contributed by atoms with Crippen LogP contribution in [0, 0.1) is 22.7 Å². The Morgan fingerprint density at radius 3 is 1.33 bits per heavy atom. The van der Waals surface area contributed by atoms with E-state index in [0.717, 1.165) is 0 Å². The summed E-state index contributed by atoms with van der Waals surface area (Å²) in [6.45, 7) is 0. The average Bonchev–Trinajstić information content (AvgIpc) is 3.25. The Morgan fingerprint density at radius 2 is 0.951 bits per heavy atom. The lowest BCUT2D eigenvalue weighted by atomic mass is 9.76. The van der Waals surface area contributed by atoms with Crippen molar-refractivity contribution in [1.29, 1.82) is 10.5 Å². The number of rotatable bonds is 4. The number of Topliss-reactive ketones (excluding diaryl/α,β-unsaturated/α-hetero) is 2. The lowest BCUT2D eigenvalue weighted by Crippen LogP contribution is -2.32. The van der Waals surface area contributed by atoms with E-state index >= 15 is 0 Å². The van der Waals surface area contributed by atoms with Crippen molar-refractivity contribution in [2.45, 2.75) is 21.6 Å². The van der Waals surface area contributed by atoms with Crippen molar-refractivity contribution in [3.8, 4) is 34.8 Å². The number of sulfone groups is 1. The molecule has 4 aliphatic carbocycles. The summed E-state index contributed by atoms with van der Waals surface area (Å²) < 4.78 is 39.7. The Balaban J connectivity index is 0.977. The SMILES string of the molecule is N#CC1=C(N)C(c2ccc(S(=O)(=O)c3ccc(C4C(=O)c5c(c6cc7cnccc7oc-6cc5=O)C(C#N)=C4N)cc3)cc2)C(=O)c2c1c1cc3cnccc3oc-1cc2=O. The smallest absolute Gasteiger partial charge is 0.206 e. The number of nitriles is 2. The molecule has 14 nitrogen and oxygen atoms in total. The van der Waals surface area contributed by atoms with Crippen LogP contribution in [0.4, 0.5) is 0 Å². The van der Waals surface area contributed by atoms with Gasteiger partial charge in [-0.05, 0) is 59.7 Å². The van der Waals surface area contributed by atoms with E-state index in [4.69, 9.17) is 20.3 Å². The summed E-state index contributed by atoms with van der Waals surface area (Å²) in [4.78, 5) is 63.0. The minimum atomic E-state index is -4.21. The van der Waals surface area contributed by atoms with Gasteiger partial charge in [0, 0.05) is 81.3 Å². The minimum Gasteiger partial charge on any atom is -0.456 e. The third kappa shape index (κ3) is 5.35. The number of allylic oxidation sites excluding steroid dienone is 4. The highest BCUT2D eigenvalue weighted by Crippen LogP contribution is 2.45. The van der Waals surface area contributed by atoms with Crippen molar-refractivity contribution in [2.24, 2.45) is 11.5 Å². The monoisotopic (exact) mass is 820 g/mol. The topological polar surface area (TPSA) is 254 Å². The second-order valence-corrected chi connectivity index (χ2v) is 16.5. The summed E-state index contributed by atoms with van der Waals surface area (Å²) in [5.41, 5.74) is 13.0. The maximum absolute atomic E-state index is 14.1. The average molecular weight is 821 g/mol. The van der Waals surface area contributed by atoms with Gasteiger partial charge in [0.05, 0.1) is 43.9 Å². The summed E-state index contributed by atoms with van der Waals surface area (Å²) in [7, 11) is -4.21. The van der Waals surface area contributed by atoms with E-state index in [1.165, 1.54) is 73.1 Å². The fourth-order valence-electron chi connectivity index (χ4n) is 8.37. The molecule has 4 N–H and O–H groups in total. The lowest BCUT2D eigenvalue weighted by molar-refractivity contribution is 0.0961. The zero-order valence-electron chi connectivity index (χ0n) is 31.2. The van der Waals surface area contributed by atoms with Crippen molar-refractivity contribution in [3.05, 3.63) is 175 Å². The van der Waals surface area contributed by atoms with E-state index in [0.29, 0.717) is 33.1 Å². The molecule has 2 aromatic heterocycles. The van der Waals surface area contributed by atoms with Gasteiger partial charge in [-0.2, -0.15) is 10.5 Å². The molecule has 0 fully saturated rings. The molecule has 15 heteroatoms. The van der Waals surface area contributed by atoms with Crippen LogP contribution in [0.25, 0.3) is 55.7 Å². The van der Waals surface area contributed by atoms with Crippen molar-refractivity contribution in [1.82, 2.24) is 9.97 Å². The summed E-state index contributed by atoms with van der Waals surface area (Å²) in [6.07, 6.45) is 6.15. The first-order valence-corrected chi connectivity index (χ1v) is 19.9. The predicted molar refractivity (Wildman–Crippen MR) is 220 cm³/mol. The van der Waals surface area contributed by atoms with Crippen molar-refractivity contribution in [3.63, 3.8) is 0 Å². The van der Waals surface area contributed by atoms with Crippen LogP contribution in [0.2, 0.25) is 0 Å². The first kappa shape index (κ1) is 36.8. The summed E-state index contributed by atoms with van der Waals surface area (Å²) in [5, 5.41) is 21.7. The molecule has 61 heavy (non-hydrogen) atoms. The molecule has 10 rings (SSSR count). The molecule has 6 aliphatic rings. The van der Waals surface area contributed by atoms with Gasteiger partial charge < -0.3 is 20.3 Å². The van der Waals surface area contributed by atoms with Crippen LogP contribution in [0.1, 0.15) is 54.8 Å². The third-order valence-corrected chi connectivity index (χ3v) is 13.0. The van der Waals surface area contributed by atoms with Crippen LogP contribution in [0.3, 0.4) is 0 Å². The first-order valence-electron chi connectivity index (χ1n) is 18.4. The van der Waals surface area contributed by atoms with E-state index in [1.807, 2.05) is 0 Å². The molecule has 0 bridgehead atoms.